The maximum Gasteiger partial charge on any atom is 0.290 e. The van der Waals surface area contributed by atoms with Gasteiger partial charge in [0.1, 0.15) is 0 Å². The Balaban J connectivity index is 0.00000161. The zero-order valence-electron chi connectivity index (χ0n) is 22.6. The summed E-state index contributed by atoms with van der Waals surface area (Å²) in [6.45, 7) is 9.24. The minimum absolute atomic E-state index is 0.0822. The van der Waals surface area contributed by atoms with Gasteiger partial charge in [0.05, 0.1) is 32.0 Å². The minimum Gasteiger partial charge on any atom is -0.491 e. The molecule has 2 aromatic rings. The van der Waals surface area contributed by atoms with E-state index >= 15 is 0 Å². The molecule has 10 heteroatoms. The Labute approximate surface area is 223 Å². The molecule has 0 atom stereocenters. The molecule has 1 heterocycles. The molecule has 8 nitrogen and oxygen atoms in total. The summed E-state index contributed by atoms with van der Waals surface area (Å²) in [6, 6.07) is 11.8. The van der Waals surface area contributed by atoms with Crippen LogP contribution in [-0.4, -0.2) is 68.8 Å². The molecule has 1 aliphatic rings. The first-order valence-corrected chi connectivity index (χ1v) is 12.3. The van der Waals surface area contributed by atoms with Crippen LogP contribution in [0.1, 0.15) is 38.3 Å². The maximum atomic E-state index is 14.3. The van der Waals surface area contributed by atoms with Crippen molar-refractivity contribution in [2.75, 3.05) is 45.4 Å². The lowest BCUT2D eigenvalue weighted by Crippen LogP contribution is -2.45. The Hall–Kier alpha value is -3.26. The number of benzene rings is 2. The van der Waals surface area contributed by atoms with Crippen molar-refractivity contribution in [1.82, 2.24) is 4.90 Å². The van der Waals surface area contributed by atoms with Gasteiger partial charge in [-0.1, -0.05) is 0 Å². The fraction of sp³-hybridized carbons (Fsp3) is 0.500. The van der Waals surface area contributed by atoms with Crippen LogP contribution in [0.5, 0.6) is 5.75 Å². The molecule has 0 radical (unpaired) electrons. The number of methoxy groups -OCH3 is 1. The molecule has 1 N–H and O–H groups in total. The molecular weight excluding hydrogens is 496 g/mol. The molecule has 3 rings (SSSR count). The van der Waals surface area contributed by atoms with E-state index in [0.29, 0.717) is 43.2 Å². The summed E-state index contributed by atoms with van der Waals surface area (Å²) in [6.07, 6.45) is 0.236. The Morgan fingerprint density at radius 3 is 2.18 bits per heavy atom. The number of carbonyl (C=O) groups is 1. The number of hydrogen-bond donors (Lipinski definition) is 1. The average molecular weight is 534 g/mol. The molecule has 38 heavy (non-hydrogen) atoms. The van der Waals surface area contributed by atoms with E-state index in [4.69, 9.17) is 29.4 Å². The lowest BCUT2D eigenvalue weighted by Gasteiger charge is -2.37. The molecule has 208 valence electrons. The van der Waals surface area contributed by atoms with E-state index in [1.807, 2.05) is 17.0 Å². The highest BCUT2D eigenvalue weighted by Crippen LogP contribution is 2.26. The van der Waals surface area contributed by atoms with E-state index in [1.54, 1.807) is 12.1 Å². The fourth-order valence-corrected chi connectivity index (χ4v) is 3.94. The molecule has 2 aromatic carbocycles. The third kappa shape index (κ3) is 9.24. The average Bonchev–Trinajstić information content (AvgIpc) is 2.87. The summed E-state index contributed by atoms with van der Waals surface area (Å²) < 4.78 is 45.3. The van der Waals surface area contributed by atoms with Crippen LogP contribution in [0.4, 0.5) is 14.5 Å². The third-order valence-electron chi connectivity index (χ3n) is 6.34. The standard InChI is InChI=1S/C27H35F2N3O3.CH2O2/c1-27(2,3)31(4)15-21-17-34-25(35-18-21)10-11-32(22-8-6-19(14-30)7-9-22)16-20-12-23(28)26(33-5)24(29)13-20;2-1-3/h6-9,12-13,21,25H,10-11,15-18H2,1-5H3;1H,(H,2,3). The first kappa shape index (κ1) is 31.0. The molecule has 1 saturated heterocycles. The second-order valence-corrected chi connectivity index (χ2v) is 10.1. The smallest absolute Gasteiger partial charge is 0.290 e. The number of halogens is 2. The van der Waals surface area contributed by atoms with Gasteiger partial charge >= 0.3 is 0 Å². The van der Waals surface area contributed by atoms with Crippen molar-refractivity contribution >= 4 is 12.2 Å². The van der Waals surface area contributed by atoms with Crippen molar-refractivity contribution in [3.05, 3.63) is 59.2 Å². The summed E-state index contributed by atoms with van der Waals surface area (Å²) in [5.41, 5.74) is 1.93. The van der Waals surface area contributed by atoms with Gasteiger partial charge in [0, 0.05) is 43.2 Å². The predicted molar refractivity (Wildman–Crippen MR) is 140 cm³/mol. The second kappa shape index (κ2) is 14.6. The number of nitriles is 1. The Bertz CT molecular complexity index is 1040. The molecule has 0 aliphatic carbocycles. The minimum atomic E-state index is -0.743. The Kier molecular flexibility index (Phi) is 11.9. The number of hydrogen-bond acceptors (Lipinski definition) is 7. The van der Waals surface area contributed by atoms with Crippen LogP contribution in [0.3, 0.4) is 0 Å². The quantitative estimate of drug-likeness (QED) is 0.465. The summed E-state index contributed by atoms with van der Waals surface area (Å²) in [7, 11) is 3.34. The van der Waals surface area contributed by atoms with E-state index in [1.165, 1.54) is 19.2 Å². The topological polar surface area (TPSA) is 95.3 Å². The highest BCUT2D eigenvalue weighted by Gasteiger charge is 2.27. The van der Waals surface area contributed by atoms with Gasteiger partial charge in [0.25, 0.3) is 6.47 Å². The molecule has 0 spiro atoms. The van der Waals surface area contributed by atoms with Crippen LogP contribution >= 0.6 is 0 Å². The Morgan fingerprint density at radius 2 is 1.71 bits per heavy atom. The van der Waals surface area contributed by atoms with Gasteiger partial charge in [0.15, 0.2) is 23.7 Å². The SMILES string of the molecule is COc1c(F)cc(CN(CCC2OCC(CN(C)C(C)(C)C)CO2)c2ccc(C#N)cc2)cc1F.O=CO. The third-order valence-corrected chi connectivity index (χ3v) is 6.34. The van der Waals surface area contributed by atoms with Crippen molar-refractivity contribution < 1.29 is 32.9 Å². The lowest BCUT2D eigenvalue weighted by atomic mass is 10.0. The first-order valence-electron chi connectivity index (χ1n) is 12.3. The molecular formula is C28H37F2N3O5. The van der Waals surface area contributed by atoms with Crippen LogP contribution in [-0.2, 0) is 20.8 Å². The van der Waals surface area contributed by atoms with Gasteiger partial charge < -0.3 is 29.1 Å². The van der Waals surface area contributed by atoms with Crippen LogP contribution in [0, 0.1) is 28.9 Å². The van der Waals surface area contributed by atoms with Crippen molar-refractivity contribution in [2.24, 2.45) is 5.92 Å². The van der Waals surface area contributed by atoms with Crippen LogP contribution in [0.2, 0.25) is 0 Å². The fourth-order valence-electron chi connectivity index (χ4n) is 3.94. The van der Waals surface area contributed by atoms with E-state index in [9.17, 15) is 8.78 Å². The number of rotatable bonds is 9. The van der Waals surface area contributed by atoms with E-state index < -0.39 is 17.4 Å². The van der Waals surface area contributed by atoms with Gasteiger partial charge in [-0.05, 0) is 69.8 Å². The van der Waals surface area contributed by atoms with Crippen LogP contribution < -0.4 is 9.64 Å². The van der Waals surface area contributed by atoms with E-state index in [2.05, 4.69) is 38.8 Å². The highest BCUT2D eigenvalue weighted by molar-refractivity contribution is 5.50. The van der Waals surface area contributed by atoms with E-state index in [-0.39, 0.29) is 24.8 Å². The highest BCUT2D eigenvalue weighted by atomic mass is 19.1. The van der Waals surface area contributed by atoms with Gasteiger partial charge in [-0.25, -0.2) is 8.78 Å². The molecule has 1 aliphatic heterocycles. The van der Waals surface area contributed by atoms with Crippen LogP contribution in [0.15, 0.2) is 36.4 Å². The van der Waals surface area contributed by atoms with Gasteiger partial charge in [-0.2, -0.15) is 5.26 Å². The summed E-state index contributed by atoms with van der Waals surface area (Å²) >= 11 is 0. The normalized spacial score (nSPS) is 17.2. The molecule has 0 unspecified atom stereocenters. The predicted octanol–water partition coefficient (Wildman–Crippen LogP) is 4.66. The van der Waals surface area contributed by atoms with Gasteiger partial charge in [0.2, 0.25) is 0 Å². The number of nitrogens with zero attached hydrogens (tertiary/aromatic N) is 3. The largest absolute Gasteiger partial charge is 0.491 e. The summed E-state index contributed by atoms with van der Waals surface area (Å²) in [4.78, 5) is 12.7. The zero-order chi connectivity index (χ0) is 28.3. The van der Waals surface area contributed by atoms with Crippen molar-refractivity contribution in [2.45, 2.75) is 45.6 Å². The maximum absolute atomic E-state index is 14.3. The second-order valence-electron chi connectivity index (χ2n) is 10.1. The van der Waals surface area contributed by atoms with Gasteiger partial charge in [-0.15, -0.1) is 0 Å². The molecule has 0 aromatic heterocycles. The number of carboxylic acid groups (broad SMARTS) is 1. The number of ether oxygens (including phenoxy) is 3. The van der Waals surface area contributed by atoms with Crippen molar-refractivity contribution in [3.8, 4) is 11.8 Å². The van der Waals surface area contributed by atoms with Gasteiger partial charge in [-0.3, -0.25) is 4.79 Å². The Morgan fingerprint density at radius 1 is 1.16 bits per heavy atom. The van der Waals surface area contributed by atoms with E-state index in [0.717, 1.165) is 12.2 Å². The number of anilines is 1. The molecule has 1 fully saturated rings. The molecule has 0 saturated carbocycles. The summed E-state index contributed by atoms with van der Waals surface area (Å²) in [5.74, 6) is -1.58. The monoisotopic (exact) mass is 533 g/mol. The summed E-state index contributed by atoms with van der Waals surface area (Å²) in [5, 5.41) is 16.0. The molecule has 0 amide bonds. The first-order chi connectivity index (χ1) is 18.0. The zero-order valence-corrected chi connectivity index (χ0v) is 22.6. The van der Waals surface area contributed by atoms with Crippen molar-refractivity contribution in [1.29, 1.82) is 5.26 Å². The van der Waals surface area contributed by atoms with Crippen molar-refractivity contribution in [3.63, 3.8) is 0 Å². The molecule has 0 bridgehead atoms. The lowest BCUT2D eigenvalue weighted by molar-refractivity contribution is -0.204. The van der Waals surface area contributed by atoms with Crippen LogP contribution in [0.25, 0.3) is 0 Å².